The van der Waals surface area contributed by atoms with Crippen molar-refractivity contribution in [1.29, 1.82) is 0 Å². The molecule has 2 aliphatic heterocycles. The van der Waals surface area contributed by atoms with Gasteiger partial charge in [-0.15, -0.1) is 0 Å². The summed E-state index contributed by atoms with van der Waals surface area (Å²) in [4.78, 5) is 23.2. The summed E-state index contributed by atoms with van der Waals surface area (Å²) in [5.41, 5.74) is 4.07. The fourth-order valence-corrected chi connectivity index (χ4v) is 5.30. The number of aryl methyl sites for hydroxylation is 1. The molecule has 10 nitrogen and oxygen atoms in total. The normalized spacial score (nSPS) is 20.5. The lowest BCUT2D eigenvalue weighted by Gasteiger charge is -2.32. The molecular formula is C31H44B2O10. The van der Waals surface area contributed by atoms with Crippen LogP contribution in [0.15, 0.2) is 30.3 Å². The van der Waals surface area contributed by atoms with Gasteiger partial charge in [0.05, 0.1) is 43.5 Å². The summed E-state index contributed by atoms with van der Waals surface area (Å²) in [5.74, 6) is -0.410. The molecular weight excluding hydrogens is 554 g/mol. The van der Waals surface area contributed by atoms with Crippen LogP contribution in [0, 0.1) is 6.92 Å². The van der Waals surface area contributed by atoms with Gasteiger partial charge < -0.3 is 38.3 Å². The van der Waals surface area contributed by atoms with Crippen molar-refractivity contribution < 1.29 is 47.9 Å². The van der Waals surface area contributed by atoms with Crippen LogP contribution in [0.1, 0.15) is 79.6 Å². The number of benzene rings is 2. The van der Waals surface area contributed by atoms with Crippen molar-refractivity contribution >= 4 is 32.0 Å². The van der Waals surface area contributed by atoms with E-state index in [2.05, 4.69) is 0 Å². The molecule has 0 amide bonds. The molecule has 2 saturated heterocycles. The molecule has 234 valence electrons. The average molecular weight is 598 g/mol. The molecule has 2 fully saturated rings. The van der Waals surface area contributed by atoms with Crippen molar-refractivity contribution in [3.63, 3.8) is 0 Å². The van der Waals surface area contributed by atoms with Gasteiger partial charge in [0, 0.05) is 25.7 Å². The molecule has 2 aromatic carbocycles. The first kappa shape index (κ1) is 34.8. The van der Waals surface area contributed by atoms with E-state index in [0.717, 1.165) is 34.0 Å². The van der Waals surface area contributed by atoms with Crippen LogP contribution in [0.5, 0.6) is 5.75 Å². The van der Waals surface area contributed by atoms with Crippen LogP contribution >= 0.6 is 0 Å². The zero-order chi connectivity index (χ0) is 31.9. The average Bonchev–Trinajstić information content (AvgIpc) is 3.38. The smallest absolute Gasteiger partial charge is 0.495 e. The number of hydrogen-bond acceptors (Lipinski definition) is 10. The molecule has 2 atom stereocenters. The zero-order valence-corrected chi connectivity index (χ0v) is 26.5. The van der Waals surface area contributed by atoms with Crippen LogP contribution in [-0.2, 0) is 46.2 Å². The van der Waals surface area contributed by atoms with E-state index >= 15 is 0 Å². The van der Waals surface area contributed by atoms with Crippen molar-refractivity contribution in [2.45, 2.75) is 90.7 Å². The third kappa shape index (κ3) is 8.68. The molecule has 2 aliphatic rings. The number of carbonyl (C=O) groups excluding carboxylic acids is 2. The maximum Gasteiger partial charge on any atom is 0.495 e. The van der Waals surface area contributed by atoms with E-state index in [1.54, 1.807) is 33.3 Å². The highest BCUT2D eigenvalue weighted by molar-refractivity contribution is 6.63. The molecule has 2 heterocycles. The molecule has 0 bridgehead atoms. The Labute approximate surface area is 255 Å². The van der Waals surface area contributed by atoms with Gasteiger partial charge in [-0.1, -0.05) is 23.8 Å². The minimum absolute atomic E-state index is 0.0742. The molecule has 0 saturated carbocycles. The Morgan fingerprint density at radius 1 is 1.05 bits per heavy atom. The molecule has 12 heteroatoms. The van der Waals surface area contributed by atoms with Crippen molar-refractivity contribution in [3.05, 3.63) is 58.1 Å². The van der Waals surface area contributed by atoms with Gasteiger partial charge in [0.1, 0.15) is 12.0 Å². The number of aromatic hydroxyl groups is 1. The molecule has 43 heavy (non-hydrogen) atoms. The van der Waals surface area contributed by atoms with E-state index in [4.69, 9.17) is 28.2 Å². The van der Waals surface area contributed by atoms with Crippen LogP contribution in [0.3, 0.4) is 0 Å². The van der Waals surface area contributed by atoms with E-state index in [-0.39, 0.29) is 24.1 Å². The summed E-state index contributed by atoms with van der Waals surface area (Å²) in [5, 5.41) is 19.6. The number of ether oxygens (including phenoxy) is 3. The van der Waals surface area contributed by atoms with E-state index in [9.17, 15) is 19.7 Å². The van der Waals surface area contributed by atoms with Crippen LogP contribution in [-0.4, -0.2) is 74.8 Å². The lowest BCUT2D eigenvalue weighted by molar-refractivity contribution is -0.145. The number of phenols is 1. The van der Waals surface area contributed by atoms with Crippen molar-refractivity contribution in [3.8, 4) is 5.75 Å². The maximum atomic E-state index is 11.7. The molecule has 2 aromatic rings. The number of methoxy groups -OCH3 is 2. The molecule has 0 radical (unpaired) electrons. The Kier molecular flexibility index (Phi) is 12.0. The van der Waals surface area contributed by atoms with Crippen molar-refractivity contribution in [2.24, 2.45) is 0 Å². The summed E-state index contributed by atoms with van der Waals surface area (Å²) >= 11 is 0. The Hall–Kier alpha value is -2.73. The van der Waals surface area contributed by atoms with Crippen LogP contribution < -0.4 is 5.46 Å². The third-order valence-electron chi connectivity index (χ3n) is 8.02. The van der Waals surface area contributed by atoms with Crippen LogP contribution in [0.4, 0.5) is 0 Å². The van der Waals surface area contributed by atoms with E-state index in [1.165, 1.54) is 0 Å². The second-order valence-electron chi connectivity index (χ2n) is 11.9. The first-order valence-corrected chi connectivity index (χ1v) is 14.5. The van der Waals surface area contributed by atoms with Gasteiger partial charge >= 0.3 is 20.2 Å². The number of aldehydes is 1. The zero-order valence-electron chi connectivity index (χ0n) is 26.5. The minimum Gasteiger partial charge on any atom is -0.508 e. The highest BCUT2D eigenvalue weighted by Gasteiger charge is 2.52. The monoisotopic (exact) mass is 598 g/mol. The Balaban J connectivity index is 0.000000236. The van der Waals surface area contributed by atoms with Gasteiger partial charge in [-0.2, -0.15) is 0 Å². The van der Waals surface area contributed by atoms with E-state index in [1.807, 2.05) is 52.8 Å². The van der Waals surface area contributed by atoms with Crippen LogP contribution in [0.25, 0.3) is 0 Å². The number of phenolic OH excluding ortho intramolecular Hbond substituents is 1. The van der Waals surface area contributed by atoms with Crippen molar-refractivity contribution in [2.75, 3.05) is 20.8 Å². The van der Waals surface area contributed by atoms with Gasteiger partial charge in [-0.3, -0.25) is 9.59 Å². The summed E-state index contributed by atoms with van der Waals surface area (Å²) in [7, 11) is 1.74. The van der Waals surface area contributed by atoms with Gasteiger partial charge in [-0.25, -0.2) is 0 Å². The number of carbonyl (C=O) groups is 2. The van der Waals surface area contributed by atoms with Crippen LogP contribution in [0.2, 0.25) is 6.32 Å². The largest absolute Gasteiger partial charge is 0.508 e. The third-order valence-corrected chi connectivity index (χ3v) is 8.02. The topological polar surface area (TPSA) is 130 Å². The van der Waals surface area contributed by atoms with Gasteiger partial charge in [0.15, 0.2) is 0 Å². The molecule has 0 aliphatic carbocycles. The molecule has 0 spiro atoms. The lowest BCUT2D eigenvalue weighted by atomic mass is 9.74. The van der Waals surface area contributed by atoms with E-state index in [0.29, 0.717) is 31.7 Å². The summed E-state index contributed by atoms with van der Waals surface area (Å²) in [6.45, 7) is 12.8. The highest BCUT2D eigenvalue weighted by atomic mass is 16.7. The van der Waals surface area contributed by atoms with Gasteiger partial charge in [0.25, 0.3) is 0 Å². The first-order chi connectivity index (χ1) is 20.2. The second-order valence-corrected chi connectivity index (χ2v) is 11.9. The Morgan fingerprint density at radius 2 is 1.70 bits per heavy atom. The fourth-order valence-electron chi connectivity index (χ4n) is 5.30. The molecule has 4 rings (SSSR count). The second kappa shape index (κ2) is 14.8. The standard InChI is InChI=1S/C16H23BO4.C15H21BO6/c1-11-7-12(10-19-6)13(9-18)14(8-11)17-20-15(2,3)16(4,5)21-17;1-3-21-15(18)7-14-13(8-16(19)22-14)11-4-10(9-20-2)5-12(17)6-11/h7-9H,10H2,1-6H3;4-6,13-14,17,19H,3,7-9H2,1-2H3. The predicted octanol–water partition coefficient (Wildman–Crippen LogP) is 3.71. The van der Waals surface area contributed by atoms with Gasteiger partial charge in [0.2, 0.25) is 0 Å². The Bertz CT molecular complexity index is 1250. The summed E-state index contributed by atoms with van der Waals surface area (Å²) in [6, 6.07) is 9.06. The quantitative estimate of drug-likeness (QED) is 0.237. The molecule has 2 unspecified atom stereocenters. The predicted molar refractivity (Wildman–Crippen MR) is 163 cm³/mol. The fraction of sp³-hybridized carbons (Fsp3) is 0.548. The number of esters is 1. The molecule has 2 N–H and O–H groups in total. The minimum atomic E-state index is -0.919. The van der Waals surface area contributed by atoms with Gasteiger partial charge in [-0.05, 0) is 82.1 Å². The first-order valence-electron chi connectivity index (χ1n) is 14.5. The summed E-state index contributed by atoms with van der Waals surface area (Å²) in [6.07, 6.45) is 0.838. The van der Waals surface area contributed by atoms with E-state index < -0.39 is 31.5 Å². The highest BCUT2D eigenvalue weighted by Crippen LogP contribution is 2.38. The Morgan fingerprint density at radius 3 is 2.28 bits per heavy atom. The lowest BCUT2D eigenvalue weighted by Crippen LogP contribution is -2.41. The number of hydrogen-bond donors (Lipinski definition) is 2. The SMILES string of the molecule is CCOC(=O)CC1OB(O)CC1c1cc(O)cc(COC)c1.COCc1cc(C)cc(B2OC(C)(C)C(C)(C)O2)c1C=O. The van der Waals surface area contributed by atoms with Crippen molar-refractivity contribution in [1.82, 2.24) is 0 Å². The number of rotatable bonds is 10. The maximum absolute atomic E-state index is 11.7. The molecule has 0 aromatic heterocycles. The summed E-state index contributed by atoms with van der Waals surface area (Å²) < 4.78 is 32.7.